The maximum Gasteiger partial charge on any atom is 0.239 e. The topological polar surface area (TPSA) is 64.2 Å². The molecule has 5 nitrogen and oxygen atoms in total. The number of carbonyl (C=O) groups excluding carboxylic acids is 1. The van der Waals surface area contributed by atoms with E-state index in [0.29, 0.717) is 0 Å². The average Bonchev–Trinajstić information content (AvgIpc) is 2.84. The highest BCUT2D eigenvalue weighted by Gasteiger charge is 2.34. The molecule has 0 saturated carbocycles. The van der Waals surface area contributed by atoms with Crippen LogP contribution in [0, 0.1) is 13.8 Å². The fourth-order valence-corrected chi connectivity index (χ4v) is 2.86. The van der Waals surface area contributed by atoms with E-state index in [0.717, 1.165) is 30.8 Å². The monoisotopic (exact) mass is 250 g/mol. The Morgan fingerprint density at radius 2 is 2.17 bits per heavy atom. The van der Waals surface area contributed by atoms with Crippen LogP contribution in [-0.2, 0) is 11.8 Å². The van der Waals surface area contributed by atoms with Gasteiger partial charge in [0.1, 0.15) is 0 Å². The Bertz CT molecular complexity index is 464. The Labute approximate surface area is 108 Å². The minimum atomic E-state index is -0.428. The summed E-state index contributed by atoms with van der Waals surface area (Å²) in [6, 6.07) is -0.278. The largest absolute Gasteiger partial charge is 0.334 e. The molecule has 100 valence electrons. The predicted molar refractivity (Wildman–Crippen MR) is 70.0 cm³/mol. The molecule has 0 aromatic carbocycles. The summed E-state index contributed by atoms with van der Waals surface area (Å²) >= 11 is 0. The van der Waals surface area contributed by atoms with Crippen LogP contribution in [0.5, 0.6) is 0 Å². The minimum Gasteiger partial charge on any atom is -0.334 e. The second-order valence-electron chi connectivity index (χ2n) is 5.19. The molecule has 1 aliphatic rings. The molecule has 2 unspecified atom stereocenters. The summed E-state index contributed by atoms with van der Waals surface area (Å²) in [7, 11) is 1.94. The Balaban J connectivity index is 2.35. The average molecular weight is 250 g/mol. The molecular weight excluding hydrogens is 228 g/mol. The molecule has 0 radical (unpaired) electrons. The smallest absolute Gasteiger partial charge is 0.239 e. The number of aryl methyl sites for hydroxylation is 2. The number of rotatable bonds is 2. The summed E-state index contributed by atoms with van der Waals surface area (Å²) in [6.07, 6.45) is 2.04. The SMILES string of the molecule is Cc1nn(C)c(C)c1C1CCCN1C(=O)C(C)N. The third-order valence-electron chi connectivity index (χ3n) is 3.82. The summed E-state index contributed by atoms with van der Waals surface area (Å²) in [5, 5.41) is 4.44. The summed E-state index contributed by atoms with van der Waals surface area (Å²) in [6.45, 7) is 6.62. The second-order valence-corrected chi connectivity index (χ2v) is 5.19. The molecule has 1 saturated heterocycles. The first-order valence-corrected chi connectivity index (χ1v) is 6.49. The Morgan fingerprint density at radius 1 is 1.50 bits per heavy atom. The highest BCUT2D eigenvalue weighted by atomic mass is 16.2. The van der Waals surface area contributed by atoms with Crippen molar-refractivity contribution >= 4 is 5.91 Å². The van der Waals surface area contributed by atoms with Crippen molar-refractivity contribution < 1.29 is 4.79 Å². The number of likely N-dealkylation sites (tertiary alicyclic amines) is 1. The van der Waals surface area contributed by atoms with Crippen molar-refractivity contribution in [3.8, 4) is 0 Å². The van der Waals surface area contributed by atoms with Gasteiger partial charge in [0.25, 0.3) is 0 Å². The molecule has 0 spiro atoms. The van der Waals surface area contributed by atoms with Gasteiger partial charge in [-0.05, 0) is 33.6 Å². The van der Waals surface area contributed by atoms with E-state index in [9.17, 15) is 4.79 Å². The van der Waals surface area contributed by atoms with Gasteiger partial charge in [0, 0.05) is 24.8 Å². The van der Waals surface area contributed by atoms with E-state index < -0.39 is 6.04 Å². The Morgan fingerprint density at radius 3 is 2.67 bits per heavy atom. The van der Waals surface area contributed by atoms with Crippen molar-refractivity contribution in [3.05, 3.63) is 17.0 Å². The predicted octanol–water partition coefficient (Wildman–Crippen LogP) is 1.05. The molecule has 18 heavy (non-hydrogen) atoms. The van der Waals surface area contributed by atoms with Gasteiger partial charge in [-0.25, -0.2) is 0 Å². The molecule has 2 N–H and O–H groups in total. The number of nitrogens with zero attached hydrogens (tertiary/aromatic N) is 3. The lowest BCUT2D eigenvalue weighted by atomic mass is 10.0. The van der Waals surface area contributed by atoms with Crippen molar-refractivity contribution in [2.45, 2.75) is 45.7 Å². The third-order valence-corrected chi connectivity index (χ3v) is 3.82. The first kappa shape index (κ1) is 13.1. The Kier molecular flexibility index (Phi) is 3.43. The number of carbonyl (C=O) groups is 1. The number of amides is 1. The van der Waals surface area contributed by atoms with Crippen molar-refractivity contribution in [3.63, 3.8) is 0 Å². The van der Waals surface area contributed by atoms with Gasteiger partial charge in [0.05, 0.1) is 17.8 Å². The van der Waals surface area contributed by atoms with E-state index >= 15 is 0 Å². The van der Waals surface area contributed by atoms with Crippen LogP contribution in [0.4, 0.5) is 0 Å². The first-order chi connectivity index (χ1) is 8.43. The van der Waals surface area contributed by atoms with Gasteiger partial charge in [0.15, 0.2) is 0 Å². The quantitative estimate of drug-likeness (QED) is 0.853. The molecule has 1 aromatic heterocycles. The summed E-state index contributed by atoms with van der Waals surface area (Å²) in [5.41, 5.74) is 9.08. The second kappa shape index (κ2) is 4.72. The zero-order valence-electron chi connectivity index (χ0n) is 11.6. The molecule has 1 fully saturated rings. The lowest BCUT2D eigenvalue weighted by Gasteiger charge is -2.26. The van der Waals surface area contributed by atoms with Crippen molar-refractivity contribution in [2.24, 2.45) is 12.8 Å². The van der Waals surface area contributed by atoms with Crippen LogP contribution in [-0.4, -0.2) is 33.2 Å². The number of hydrogen-bond donors (Lipinski definition) is 1. The van der Waals surface area contributed by atoms with E-state index in [4.69, 9.17) is 5.73 Å². The molecule has 5 heteroatoms. The van der Waals surface area contributed by atoms with E-state index in [1.807, 2.05) is 23.6 Å². The van der Waals surface area contributed by atoms with Crippen molar-refractivity contribution in [1.29, 1.82) is 0 Å². The molecular formula is C13H22N4O. The molecule has 2 atom stereocenters. The van der Waals surface area contributed by atoms with Gasteiger partial charge in [0.2, 0.25) is 5.91 Å². The summed E-state index contributed by atoms with van der Waals surface area (Å²) in [4.78, 5) is 14.1. The van der Waals surface area contributed by atoms with Crippen LogP contribution >= 0.6 is 0 Å². The fourth-order valence-electron chi connectivity index (χ4n) is 2.86. The molecule has 0 aliphatic carbocycles. The summed E-state index contributed by atoms with van der Waals surface area (Å²) < 4.78 is 1.89. The third kappa shape index (κ3) is 2.03. The standard InChI is InChI=1S/C13H22N4O/c1-8(14)13(18)17-7-5-6-11(17)12-9(2)15-16(4)10(12)3/h8,11H,5-7,14H2,1-4H3. The van der Waals surface area contributed by atoms with Crippen LogP contribution in [0.3, 0.4) is 0 Å². The Hall–Kier alpha value is -1.36. The molecule has 2 heterocycles. The van der Waals surface area contributed by atoms with Crippen LogP contribution in [0.1, 0.15) is 42.8 Å². The van der Waals surface area contributed by atoms with Gasteiger partial charge in [-0.15, -0.1) is 0 Å². The number of hydrogen-bond acceptors (Lipinski definition) is 3. The molecule has 0 bridgehead atoms. The lowest BCUT2D eigenvalue weighted by molar-refractivity contribution is -0.133. The zero-order valence-corrected chi connectivity index (χ0v) is 11.6. The highest BCUT2D eigenvalue weighted by Crippen LogP contribution is 2.35. The first-order valence-electron chi connectivity index (χ1n) is 6.49. The highest BCUT2D eigenvalue weighted by molar-refractivity contribution is 5.82. The summed E-state index contributed by atoms with van der Waals surface area (Å²) in [5.74, 6) is 0.0418. The fraction of sp³-hybridized carbons (Fsp3) is 0.692. The van der Waals surface area contributed by atoms with Crippen LogP contribution < -0.4 is 5.73 Å². The van der Waals surface area contributed by atoms with E-state index in [1.54, 1.807) is 6.92 Å². The van der Waals surface area contributed by atoms with Gasteiger partial charge in [-0.1, -0.05) is 0 Å². The minimum absolute atomic E-state index is 0.0418. The van der Waals surface area contributed by atoms with Gasteiger partial charge >= 0.3 is 0 Å². The van der Waals surface area contributed by atoms with E-state index in [-0.39, 0.29) is 11.9 Å². The maximum atomic E-state index is 12.1. The zero-order chi connectivity index (χ0) is 13.4. The molecule has 1 aliphatic heterocycles. The van der Waals surface area contributed by atoms with Crippen molar-refractivity contribution in [1.82, 2.24) is 14.7 Å². The molecule has 1 amide bonds. The molecule has 1 aromatic rings. The van der Waals surface area contributed by atoms with Gasteiger partial charge in [-0.3, -0.25) is 9.48 Å². The van der Waals surface area contributed by atoms with E-state index in [1.165, 1.54) is 5.56 Å². The molecule has 2 rings (SSSR count). The van der Waals surface area contributed by atoms with Crippen LogP contribution in [0.15, 0.2) is 0 Å². The number of aromatic nitrogens is 2. The number of nitrogens with two attached hydrogens (primary N) is 1. The van der Waals surface area contributed by atoms with Gasteiger partial charge in [-0.2, -0.15) is 5.10 Å². The van der Waals surface area contributed by atoms with Gasteiger partial charge < -0.3 is 10.6 Å². The van der Waals surface area contributed by atoms with Crippen LogP contribution in [0.25, 0.3) is 0 Å². The van der Waals surface area contributed by atoms with Crippen LogP contribution in [0.2, 0.25) is 0 Å². The maximum absolute atomic E-state index is 12.1. The lowest BCUT2D eigenvalue weighted by Crippen LogP contribution is -2.41. The van der Waals surface area contributed by atoms with Crippen molar-refractivity contribution in [2.75, 3.05) is 6.54 Å². The van der Waals surface area contributed by atoms with E-state index in [2.05, 4.69) is 12.0 Å². The normalized spacial score (nSPS) is 21.4.